The first-order valence-corrected chi connectivity index (χ1v) is 10.1. The molecule has 3 amide bonds. The lowest BCUT2D eigenvalue weighted by Crippen LogP contribution is -2.35. The average molecular weight is 415 g/mol. The zero-order valence-corrected chi connectivity index (χ0v) is 17.6. The molecule has 0 saturated carbocycles. The number of carbonyl (C=O) groups is 2. The Morgan fingerprint density at radius 1 is 1.07 bits per heavy atom. The third-order valence-electron chi connectivity index (χ3n) is 5.18. The van der Waals surface area contributed by atoms with Gasteiger partial charge in [-0.15, -0.1) is 0 Å². The SMILES string of the molecule is CN(C)[C@@H]1CCN(C(=O)Cc2ccc(NC(=O)NCc3ccc(Cl)cc3)cc2)C1. The molecule has 0 radical (unpaired) electrons. The number of anilines is 1. The maximum atomic E-state index is 12.5. The number of urea groups is 1. The molecule has 0 unspecified atom stereocenters. The van der Waals surface area contributed by atoms with E-state index < -0.39 is 0 Å². The minimum atomic E-state index is -0.282. The molecule has 1 fully saturated rings. The number of benzene rings is 2. The van der Waals surface area contributed by atoms with E-state index in [1.807, 2.05) is 41.3 Å². The topological polar surface area (TPSA) is 64.7 Å². The van der Waals surface area contributed by atoms with Gasteiger partial charge in [0.15, 0.2) is 0 Å². The first kappa shape index (κ1) is 21.1. The van der Waals surface area contributed by atoms with E-state index in [0.29, 0.717) is 29.7 Å². The van der Waals surface area contributed by atoms with Gasteiger partial charge in [-0.2, -0.15) is 0 Å². The van der Waals surface area contributed by atoms with Gasteiger partial charge in [-0.1, -0.05) is 35.9 Å². The van der Waals surface area contributed by atoms with E-state index in [1.54, 1.807) is 12.1 Å². The van der Waals surface area contributed by atoms with Crippen molar-refractivity contribution in [2.75, 3.05) is 32.5 Å². The number of likely N-dealkylation sites (N-methyl/N-ethyl adjacent to an activating group) is 1. The van der Waals surface area contributed by atoms with Gasteiger partial charge in [0.2, 0.25) is 5.91 Å². The van der Waals surface area contributed by atoms with E-state index in [4.69, 9.17) is 11.6 Å². The molecule has 7 heteroatoms. The van der Waals surface area contributed by atoms with Crippen LogP contribution in [0.1, 0.15) is 17.5 Å². The van der Waals surface area contributed by atoms with E-state index >= 15 is 0 Å². The predicted octanol–water partition coefficient (Wildman–Crippen LogP) is 3.37. The van der Waals surface area contributed by atoms with E-state index in [2.05, 4.69) is 29.6 Å². The van der Waals surface area contributed by atoms with Gasteiger partial charge in [0, 0.05) is 36.4 Å². The minimum Gasteiger partial charge on any atom is -0.341 e. The van der Waals surface area contributed by atoms with Gasteiger partial charge >= 0.3 is 6.03 Å². The number of hydrogen-bond donors (Lipinski definition) is 2. The number of nitrogens with one attached hydrogen (secondary N) is 2. The molecule has 6 nitrogen and oxygen atoms in total. The maximum absolute atomic E-state index is 12.5. The first-order valence-electron chi connectivity index (χ1n) is 9.73. The van der Waals surface area contributed by atoms with Gasteiger partial charge in [0.25, 0.3) is 0 Å². The predicted molar refractivity (Wildman–Crippen MR) is 116 cm³/mol. The summed E-state index contributed by atoms with van der Waals surface area (Å²) in [5.74, 6) is 0.149. The molecule has 2 aromatic carbocycles. The lowest BCUT2D eigenvalue weighted by Gasteiger charge is -2.20. The molecule has 154 valence electrons. The van der Waals surface area contributed by atoms with Gasteiger partial charge in [-0.25, -0.2) is 4.79 Å². The van der Waals surface area contributed by atoms with Crippen molar-refractivity contribution in [3.05, 3.63) is 64.7 Å². The highest BCUT2D eigenvalue weighted by Gasteiger charge is 2.27. The van der Waals surface area contributed by atoms with Gasteiger partial charge in [-0.3, -0.25) is 4.79 Å². The van der Waals surface area contributed by atoms with Crippen molar-refractivity contribution in [1.29, 1.82) is 0 Å². The quantitative estimate of drug-likeness (QED) is 0.761. The molecule has 0 aliphatic carbocycles. The molecule has 29 heavy (non-hydrogen) atoms. The van der Waals surface area contributed by atoms with Gasteiger partial charge in [0.05, 0.1) is 6.42 Å². The van der Waals surface area contributed by atoms with Crippen molar-refractivity contribution in [2.24, 2.45) is 0 Å². The first-order chi connectivity index (χ1) is 13.9. The van der Waals surface area contributed by atoms with Crippen LogP contribution in [0.5, 0.6) is 0 Å². The van der Waals surface area contributed by atoms with Crippen molar-refractivity contribution in [2.45, 2.75) is 25.4 Å². The van der Waals surface area contributed by atoms with Crippen LogP contribution in [0.4, 0.5) is 10.5 Å². The molecular formula is C22H27ClN4O2. The summed E-state index contributed by atoms with van der Waals surface area (Å²) in [5, 5.41) is 6.27. The zero-order valence-electron chi connectivity index (χ0n) is 16.8. The number of likely N-dealkylation sites (tertiary alicyclic amines) is 1. The molecule has 1 aliphatic rings. The fourth-order valence-electron chi connectivity index (χ4n) is 3.34. The van der Waals surface area contributed by atoms with Crippen molar-refractivity contribution < 1.29 is 9.59 Å². The Hall–Kier alpha value is -2.57. The maximum Gasteiger partial charge on any atom is 0.319 e. The fraction of sp³-hybridized carbons (Fsp3) is 0.364. The molecule has 0 bridgehead atoms. The van der Waals surface area contributed by atoms with E-state index in [-0.39, 0.29) is 11.9 Å². The van der Waals surface area contributed by atoms with Crippen LogP contribution in [0.15, 0.2) is 48.5 Å². The van der Waals surface area contributed by atoms with Crippen LogP contribution in [0.2, 0.25) is 5.02 Å². The van der Waals surface area contributed by atoms with Crippen LogP contribution in [-0.2, 0) is 17.8 Å². The van der Waals surface area contributed by atoms with Crippen molar-refractivity contribution in [1.82, 2.24) is 15.1 Å². The summed E-state index contributed by atoms with van der Waals surface area (Å²) < 4.78 is 0. The summed E-state index contributed by atoms with van der Waals surface area (Å²) in [5.41, 5.74) is 2.59. The lowest BCUT2D eigenvalue weighted by atomic mass is 10.1. The molecule has 1 atom stereocenters. The molecule has 0 aromatic heterocycles. The molecule has 1 heterocycles. The molecule has 1 aliphatic heterocycles. The van der Waals surface area contributed by atoms with E-state index in [0.717, 1.165) is 30.6 Å². The normalized spacial score (nSPS) is 16.1. The Labute approximate surface area is 176 Å². The lowest BCUT2D eigenvalue weighted by molar-refractivity contribution is -0.129. The van der Waals surface area contributed by atoms with Crippen molar-refractivity contribution >= 4 is 29.2 Å². The number of amides is 3. The Bertz CT molecular complexity index is 837. The number of carbonyl (C=O) groups excluding carboxylic acids is 2. The second kappa shape index (κ2) is 9.76. The highest BCUT2D eigenvalue weighted by molar-refractivity contribution is 6.30. The summed E-state index contributed by atoms with van der Waals surface area (Å²) in [6.45, 7) is 2.02. The van der Waals surface area contributed by atoms with Crippen molar-refractivity contribution in [3.8, 4) is 0 Å². The van der Waals surface area contributed by atoms with Crippen LogP contribution in [0, 0.1) is 0 Å². The van der Waals surface area contributed by atoms with Crippen molar-refractivity contribution in [3.63, 3.8) is 0 Å². The molecule has 3 rings (SSSR count). The summed E-state index contributed by atoms with van der Waals surface area (Å²) in [6, 6.07) is 14.9. The summed E-state index contributed by atoms with van der Waals surface area (Å²) >= 11 is 5.86. The monoisotopic (exact) mass is 414 g/mol. The van der Waals surface area contributed by atoms with E-state index in [1.165, 1.54) is 0 Å². The Balaban J connectivity index is 1.45. The number of halogens is 1. The second-order valence-corrected chi connectivity index (χ2v) is 7.99. The number of rotatable bonds is 6. The van der Waals surface area contributed by atoms with Crippen LogP contribution in [0.25, 0.3) is 0 Å². The molecule has 1 saturated heterocycles. The molecule has 2 N–H and O–H groups in total. The highest BCUT2D eigenvalue weighted by Crippen LogP contribution is 2.16. The van der Waals surface area contributed by atoms with Gasteiger partial charge in [0.1, 0.15) is 0 Å². The Morgan fingerprint density at radius 3 is 2.34 bits per heavy atom. The molecular weight excluding hydrogens is 388 g/mol. The van der Waals surface area contributed by atoms with E-state index in [9.17, 15) is 9.59 Å². The second-order valence-electron chi connectivity index (χ2n) is 7.55. The minimum absolute atomic E-state index is 0.149. The fourth-order valence-corrected chi connectivity index (χ4v) is 3.47. The van der Waals surface area contributed by atoms with Gasteiger partial charge in [-0.05, 0) is 55.9 Å². The van der Waals surface area contributed by atoms with Crippen LogP contribution >= 0.6 is 11.6 Å². The standard InChI is InChI=1S/C22H27ClN4O2/c1-26(2)20-11-12-27(15-20)21(28)13-16-5-9-19(10-6-16)25-22(29)24-14-17-3-7-18(23)8-4-17/h3-10,20H,11-15H2,1-2H3,(H2,24,25,29)/t20-/m1/s1. The highest BCUT2D eigenvalue weighted by atomic mass is 35.5. The number of hydrogen-bond acceptors (Lipinski definition) is 3. The summed E-state index contributed by atoms with van der Waals surface area (Å²) in [6.07, 6.45) is 1.40. The van der Waals surface area contributed by atoms with Crippen LogP contribution in [-0.4, -0.2) is 55.0 Å². The zero-order chi connectivity index (χ0) is 20.8. The summed E-state index contributed by atoms with van der Waals surface area (Å²) in [7, 11) is 4.10. The van der Waals surface area contributed by atoms with Gasteiger partial charge < -0.3 is 20.4 Å². The summed E-state index contributed by atoms with van der Waals surface area (Å²) in [4.78, 5) is 28.7. The van der Waals surface area contributed by atoms with Crippen LogP contribution in [0.3, 0.4) is 0 Å². The molecule has 2 aromatic rings. The average Bonchev–Trinajstić information content (AvgIpc) is 3.20. The third-order valence-corrected chi connectivity index (χ3v) is 5.43. The van der Waals surface area contributed by atoms with Crippen LogP contribution < -0.4 is 10.6 Å². The number of nitrogens with zero attached hydrogens (tertiary/aromatic N) is 2. The Morgan fingerprint density at radius 2 is 1.72 bits per heavy atom. The third kappa shape index (κ3) is 6.21. The largest absolute Gasteiger partial charge is 0.341 e. The Kier molecular flexibility index (Phi) is 7.12. The molecule has 0 spiro atoms. The smallest absolute Gasteiger partial charge is 0.319 e.